The first-order valence-corrected chi connectivity index (χ1v) is 24.8. The molecule has 0 bridgehead atoms. The van der Waals surface area contributed by atoms with E-state index in [-0.39, 0.29) is 122 Å². The van der Waals surface area contributed by atoms with Gasteiger partial charge in [0.25, 0.3) is 11.8 Å². The molecule has 0 radical (unpaired) electrons. The van der Waals surface area contributed by atoms with Crippen LogP contribution in [0.15, 0.2) is 12.2 Å². The van der Waals surface area contributed by atoms with Gasteiger partial charge in [0.1, 0.15) is 13.2 Å². The molecule has 422 valence electrons. The summed E-state index contributed by atoms with van der Waals surface area (Å²) in [4.78, 5) is 73.5. The third kappa shape index (κ3) is 44.8. The maximum Gasteiger partial charge on any atom is 0.253 e. The summed E-state index contributed by atoms with van der Waals surface area (Å²) in [7, 11) is 0. The van der Waals surface area contributed by atoms with Crippen molar-refractivity contribution in [3.63, 3.8) is 0 Å². The van der Waals surface area contributed by atoms with Gasteiger partial charge < -0.3 is 87.6 Å². The molecular formula is C49H81N5O20. The van der Waals surface area contributed by atoms with Crippen LogP contribution in [0, 0.1) is 24.7 Å². The van der Waals surface area contributed by atoms with Crippen LogP contribution in [0.5, 0.6) is 0 Å². The fourth-order valence-corrected chi connectivity index (χ4v) is 5.64. The van der Waals surface area contributed by atoms with Crippen LogP contribution in [-0.4, -0.2) is 258 Å². The number of ether oxygens (including phenoxy) is 14. The van der Waals surface area contributed by atoms with Crippen LogP contribution in [0.25, 0.3) is 0 Å². The molecule has 0 unspecified atom stereocenters. The SMILES string of the molecule is C#CCOCCOCCOCCOCCNC(=O)CCOCC(COCCC(=O)NCCOCCOCCOCCOCC#C)NC(=O)CCOCCOCCOCCOCCNC(=O)CCN1C(=O)C=CC1=O. The van der Waals surface area contributed by atoms with Crippen LogP contribution in [0.2, 0.25) is 0 Å². The van der Waals surface area contributed by atoms with E-state index in [0.717, 1.165) is 4.90 Å². The molecule has 74 heavy (non-hydrogen) atoms. The van der Waals surface area contributed by atoms with Crippen LogP contribution >= 0.6 is 0 Å². The Morgan fingerprint density at radius 3 is 1.03 bits per heavy atom. The molecule has 1 heterocycles. The summed E-state index contributed by atoms with van der Waals surface area (Å²) in [6.45, 7) is 9.53. The van der Waals surface area contributed by atoms with Gasteiger partial charge in [0, 0.05) is 64.0 Å². The van der Waals surface area contributed by atoms with Crippen molar-refractivity contribution in [3.8, 4) is 24.7 Å². The first-order valence-electron chi connectivity index (χ1n) is 24.8. The first kappa shape index (κ1) is 67.3. The Hall–Kier alpha value is -4.68. The summed E-state index contributed by atoms with van der Waals surface area (Å²) in [6, 6.07) is -0.566. The maximum absolute atomic E-state index is 12.8. The number of amides is 6. The number of hydrogen-bond donors (Lipinski definition) is 4. The third-order valence-corrected chi connectivity index (χ3v) is 9.31. The van der Waals surface area contributed by atoms with Crippen LogP contribution < -0.4 is 21.3 Å². The molecule has 0 saturated heterocycles. The number of terminal acetylenes is 2. The highest BCUT2D eigenvalue weighted by Gasteiger charge is 2.23. The quantitative estimate of drug-likeness (QED) is 0.0286. The molecule has 25 heteroatoms. The highest BCUT2D eigenvalue weighted by atomic mass is 16.6. The Morgan fingerprint density at radius 2 is 0.676 bits per heavy atom. The van der Waals surface area contributed by atoms with Crippen molar-refractivity contribution >= 4 is 35.4 Å². The summed E-state index contributed by atoms with van der Waals surface area (Å²) in [5.74, 6) is 2.86. The fraction of sp³-hybridized carbons (Fsp3) is 0.755. The molecule has 0 spiro atoms. The molecule has 0 atom stereocenters. The summed E-state index contributed by atoms with van der Waals surface area (Å²) >= 11 is 0. The standard InChI is InChI=1S/C49H81N5O20/c1-3-15-61-23-29-67-35-38-70-33-27-65-21-12-51-45(56)8-18-73-41-43(42-74-19-9-46(57)52-13-22-66-28-34-71-39-36-68-30-24-62-16-4-2)53-47(58)10-17-63-25-31-69-37-40-72-32-26-64-20-11-50-44(55)7-14-54-48(59)5-6-49(54)60/h1-2,5-6,43H,7-42H2,(H,50,55)(H,51,56)(H,52,57)(H,53,58). The molecule has 1 aliphatic heterocycles. The average Bonchev–Trinajstić information content (AvgIpc) is 3.72. The predicted molar refractivity (Wildman–Crippen MR) is 264 cm³/mol. The van der Waals surface area contributed by atoms with E-state index in [0.29, 0.717) is 139 Å². The molecule has 0 aromatic carbocycles. The van der Waals surface area contributed by atoms with Crippen LogP contribution in [-0.2, 0) is 95.1 Å². The first-order chi connectivity index (χ1) is 36.3. The molecule has 1 rings (SSSR count). The van der Waals surface area contributed by atoms with Gasteiger partial charge in [0.2, 0.25) is 23.6 Å². The third-order valence-electron chi connectivity index (χ3n) is 9.31. The molecule has 0 aliphatic carbocycles. The van der Waals surface area contributed by atoms with E-state index in [1.165, 1.54) is 12.2 Å². The van der Waals surface area contributed by atoms with Gasteiger partial charge in [0.15, 0.2) is 0 Å². The van der Waals surface area contributed by atoms with Gasteiger partial charge in [-0.05, 0) is 0 Å². The molecule has 0 saturated carbocycles. The molecule has 0 aromatic rings. The summed E-state index contributed by atoms with van der Waals surface area (Å²) < 4.78 is 76.1. The van der Waals surface area contributed by atoms with E-state index in [1.54, 1.807) is 0 Å². The van der Waals surface area contributed by atoms with Gasteiger partial charge in [-0.3, -0.25) is 33.7 Å². The molecule has 25 nitrogen and oxygen atoms in total. The molecule has 4 N–H and O–H groups in total. The van der Waals surface area contributed by atoms with Gasteiger partial charge >= 0.3 is 0 Å². The van der Waals surface area contributed by atoms with Crippen molar-refractivity contribution in [2.24, 2.45) is 0 Å². The van der Waals surface area contributed by atoms with Crippen molar-refractivity contribution in [1.29, 1.82) is 0 Å². The van der Waals surface area contributed by atoms with E-state index in [1.807, 2.05) is 0 Å². The van der Waals surface area contributed by atoms with Crippen molar-refractivity contribution in [2.75, 3.05) is 211 Å². The fourth-order valence-electron chi connectivity index (χ4n) is 5.64. The zero-order chi connectivity index (χ0) is 53.6. The molecule has 1 aliphatic rings. The Bertz CT molecular complexity index is 1500. The van der Waals surface area contributed by atoms with E-state index < -0.39 is 17.9 Å². The number of hydrogen-bond acceptors (Lipinski definition) is 20. The Balaban J connectivity index is 2.21. The highest BCUT2D eigenvalue weighted by Crippen LogP contribution is 2.04. The van der Waals surface area contributed by atoms with Crippen molar-refractivity contribution in [3.05, 3.63) is 12.2 Å². The maximum atomic E-state index is 12.8. The summed E-state index contributed by atoms with van der Waals surface area (Å²) in [5.41, 5.74) is 0. The summed E-state index contributed by atoms with van der Waals surface area (Å²) in [6.07, 6.45) is 12.8. The van der Waals surface area contributed by atoms with Gasteiger partial charge in [-0.1, -0.05) is 11.8 Å². The van der Waals surface area contributed by atoms with Gasteiger partial charge in [0.05, 0.1) is 178 Å². The number of nitrogens with zero attached hydrogens (tertiary/aromatic N) is 1. The lowest BCUT2D eigenvalue weighted by molar-refractivity contribution is -0.137. The lowest BCUT2D eigenvalue weighted by Gasteiger charge is -2.19. The zero-order valence-electron chi connectivity index (χ0n) is 43.0. The molecule has 6 amide bonds. The second-order valence-corrected chi connectivity index (χ2v) is 15.3. The van der Waals surface area contributed by atoms with Crippen LogP contribution in [0.1, 0.15) is 25.7 Å². The highest BCUT2D eigenvalue weighted by molar-refractivity contribution is 6.13. The Kier molecular flexibility index (Phi) is 47.1. The largest absolute Gasteiger partial charge is 0.379 e. The molecule has 0 aromatic heterocycles. The second-order valence-electron chi connectivity index (χ2n) is 15.3. The topological polar surface area (TPSA) is 283 Å². The minimum atomic E-state index is -0.566. The Labute approximate surface area is 435 Å². The lowest BCUT2D eigenvalue weighted by atomic mass is 10.3. The molecular weight excluding hydrogens is 979 g/mol. The number of carbonyl (C=O) groups is 6. The minimum Gasteiger partial charge on any atom is -0.379 e. The van der Waals surface area contributed by atoms with Gasteiger partial charge in [-0.2, -0.15) is 0 Å². The van der Waals surface area contributed by atoms with Gasteiger partial charge in [-0.25, -0.2) is 0 Å². The summed E-state index contributed by atoms with van der Waals surface area (Å²) in [5, 5.41) is 11.1. The minimum absolute atomic E-state index is 0.0116. The number of carbonyl (C=O) groups excluding carboxylic acids is 6. The van der Waals surface area contributed by atoms with Crippen LogP contribution in [0.4, 0.5) is 0 Å². The van der Waals surface area contributed by atoms with Gasteiger partial charge in [-0.15, -0.1) is 12.8 Å². The van der Waals surface area contributed by atoms with Crippen molar-refractivity contribution in [2.45, 2.75) is 31.7 Å². The number of rotatable bonds is 55. The van der Waals surface area contributed by atoms with E-state index in [9.17, 15) is 28.8 Å². The number of imide groups is 1. The molecule has 0 fully saturated rings. The lowest BCUT2D eigenvalue weighted by Crippen LogP contribution is -2.42. The van der Waals surface area contributed by atoms with E-state index in [2.05, 4.69) is 33.1 Å². The average molecular weight is 1060 g/mol. The van der Waals surface area contributed by atoms with E-state index >= 15 is 0 Å². The van der Waals surface area contributed by atoms with Crippen molar-refractivity contribution < 1.29 is 95.1 Å². The van der Waals surface area contributed by atoms with E-state index in [4.69, 9.17) is 79.2 Å². The number of nitrogens with one attached hydrogen (secondary N) is 4. The van der Waals surface area contributed by atoms with Crippen molar-refractivity contribution in [1.82, 2.24) is 26.2 Å². The zero-order valence-corrected chi connectivity index (χ0v) is 43.0. The predicted octanol–water partition coefficient (Wildman–Crippen LogP) is -2.20. The van der Waals surface area contributed by atoms with Crippen LogP contribution in [0.3, 0.4) is 0 Å². The second kappa shape index (κ2) is 51.8. The smallest absolute Gasteiger partial charge is 0.253 e. The monoisotopic (exact) mass is 1060 g/mol. The Morgan fingerprint density at radius 1 is 0.392 bits per heavy atom. The normalized spacial score (nSPS) is 12.1.